The van der Waals surface area contributed by atoms with Crippen molar-refractivity contribution in [1.82, 2.24) is 0 Å². The quantitative estimate of drug-likeness (QED) is 0.452. The Morgan fingerprint density at radius 1 is 0.562 bits per heavy atom. The summed E-state index contributed by atoms with van der Waals surface area (Å²) in [6.45, 7) is 0. The highest BCUT2D eigenvalue weighted by Gasteiger charge is 2.21. The number of aliphatic hydroxyl groups is 4. The highest BCUT2D eigenvalue weighted by molar-refractivity contribution is 4.86. The molecule has 0 bridgehead atoms. The first-order valence-corrected chi connectivity index (χ1v) is 5.98. The molecule has 0 aromatic rings. The maximum Gasteiger partial charge on any atom is 0.0802 e. The van der Waals surface area contributed by atoms with E-state index in [1.807, 2.05) is 12.2 Å². The van der Waals surface area contributed by atoms with Gasteiger partial charge < -0.3 is 20.4 Å². The Kier molecular flexibility index (Phi) is 5.98. The van der Waals surface area contributed by atoms with Crippen LogP contribution in [-0.4, -0.2) is 44.8 Å². The van der Waals surface area contributed by atoms with E-state index in [0.29, 0.717) is 25.7 Å². The van der Waals surface area contributed by atoms with Crippen LogP contribution in [0.1, 0.15) is 38.5 Å². The largest absolute Gasteiger partial charge is 0.390 e. The molecule has 0 saturated heterocycles. The summed E-state index contributed by atoms with van der Waals surface area (Å²) in [6.07, 6.45) is 3.96. The van der Waals surface area contributed by atoms with Gasteiger partial charge >= 0.3 is 0 Å². The van der Waals surface area contributed by atoms with Crippen LogP contribution < -0.4 is 0 Å². The first kappa shape index (κ1) is 13.6. The second-order valence-electron chi connectivity index (χ2n) is 4.47. The van der Waals surface area contributed by atoms with E-state index in [-0.39, 0.29) is 0 Å². The van der Waals surface area contributed by atoms with Crippen LogP contribution >= 0.6 is 0 Å². The molecule has 1 aliphatic rings. The lowest BCUT2D eigenvalue weighted by Crippen LogP contribution is -2.31. The summed E-state index contributed by atoms with van der Waals surface area (Å²) in [5, 5.41) is 38.4. The second-order valence-corrected chi connectivity index (χ2v) is 4.47. The summed E-state index contributed by atoms with van der Waals surface area (Å²) in [5.41, 5.74) is 0. The Labute approximate surface area is 96.2 Å². The van der Waals surface area contributed by atoms with Gasteiger partial charge in [0.25, 0.3) is 0 Å². The van der Waals surface area contributed by atoms with Gasteiger partial charge in [-0.15, -0.1) is 0 Å². The second kappa shape index (κ2) is 7.01. The average Bonchev–Trinajstić information content (AvgIpc) is 2.27. The first-order valence-electron chi connectivity index (χ1n) is 5.98. The van der Waals surface area contributed by atoms with Crippen molar-refractivity contribution in [1.29, 1.82) is 0 Å². The Balaban J connectivity index is 2.52. The minimum absolute atomic E-state index is 0.323. The van der Waals surface area contributed by atoms with Gasteiger partial charge in [-0.2, -0.15) is 0 Å². The Morgan fingerprint density at radius 3 is 1.25 bits per heavy atom. The number of hydrogen-bond donors (Lipinski definition) is 4. The predicted molar refractivity (Wildman–Crippen MR) is 60.9 cm³/mol. The molecule has 1 aliphatic carbocycles. The van der Waals surface area contributed by atoms with E-state index < -0.39 is 24.4 Å². The van der Waals surface area contributed by atoms with Crippen LogP contribution in [0.2, 0.25) is 0 Å². The van der Waals surface area contributed by atoms with Crippen LogP contribution in [-0.2, 0) is 0 Å². The van der Waals surface area contributed by atoms with Gasteiger partial charge in [0.2, 0.25) is 0 Å². The van der Waals surface area contributed by atoms with Crippen molar-refractivity contribution in [3.63, 3.8) is 0 Å². The molecule has 4 N–H and O–H groups in total. The highest BCUT2D eigenvalue weighted by Crippen LogP contribution is 2.15. The van der Waals surface area contributed by atoms with Crippen molar-refractivity contribution in [3.05, 3.63) is 12.2 Å². The maximum absolute atomic E-state index is 9.60. The van der Waals surface area contributed by atoms with Crippen LogP contribution in [0.4, 0.5) is 0 Å². The summed E-state index contributed by atoms with van der Waals surface area (Å²) in [6, 6.07) is 0. The van der Waals surface area contributed by atoms with E-state index in [4.69, 9.17) is 0 Å². The molecule has 0 spiro atoms. The van der Waals surface area contributed by atoms with E-state index in [9.17, 15) is 20.4 Å². The van der Waals surface area contributed by atoms with Gasteiger partial charge in [-0.3, -0.25) is 0 Å². The third kappa shape index (κ3) is 4.61. The lowest BCUT2D eigenvalue weighted by atomic mass is 9.97. The molecule has 4 heteroatoms. The summed E-state index contributed by atoms with van der Waals surface area (Å²) < 4.78 is 0. The van der Waals surface area contributed by atoms with E-state index in [1.54, 1.807) is 0 Å². The number of allylic oxidation sites excluding steroid dienone is 2. The Bertz CT molecular complexity index is 195. The van der Waals surface area contributed by atoms with E-state index in [0.717, 1.165) is 12.8 Å². The molecule has 0 radical (unpaired) electrons. The average molecular weight is 230 g/mol. The molecule has 4 nitrogen and oxygen atoms in total. The van der Waals surface area contributed by atoms with E-state index in [1.165, 1.54) is 0 Å². The van der Waals surface area contributed by atoms with Gasteiger partial charge in [0.1, 0.15) is 0 Å². The molecule has 0 heterocycles. The summed E-state index contributed by atoms with van der Waals surface area (Å²) in [7, 11) is 0. The van der Waals surface area contributed by atoms with Crippen molar-refractivity contribution in [2.45, 2.75) is 62.9 Å². The summed E-state index contributed by atoms with van der Waals surface area (Å²) in [5.74, 6) is 0. The zero-order valence-corrected chi connectivity index (χ0v) is 9.50. The molecule has 4 atom stereocenters. The minimum atomic E-state index is -0.810. The molecular formula is C12H22O4. The molecular weight excluding hydrogens is 208 g/mol. The van der Waals surface area contributed by atoms with Crippen molar-refractivity contribution in [2.24, 2.45) is 0 Å². The lowest BCUT2D eigenvalue weighted by Gasteiger charge is -2.22. The molecule has 0 amide bonds. The third-order valence-corrected chi connectivity index (χ3v) is 3.07. The lowest BCUT2D eigenvalue weighted by molar-refractivity contribution is -0.0223. The molecule has 1 rings (SSSR count). The molecule has 4 unspecified atom stereocenters. The van der Waals surface area contributed by atoms with Crippen molar-refractivity contribution >= 4 is 0 Å². The maximum atomic E-state index is 9.60. The number of aliphatic hydroxyl groups excluding tert-OH is 4. The van der Waals surface area contributed by atoms with Crippen molar-refractivity contribution in [3.8, 4) is 0 Å². The Morgan fingerprint density at radius 2 is 0.875 bits per heavy atom. The fourth-order valence-electron chi connectivity index (χ4n) is 1.88. The summed E-state index contributed by atoms with van der Waals surface area (Å²) >= 11 is 0. The van der Waals surface area contributed by atoms with E-state index >= 15 is 0 Å². The molecule has 0 aliphatic heterocycles. The number of rotatable bonds is 0. The highest BCUT2D eigenvalue weighted by atomic mass is 16.3. The molecule has 0 saturated carbocycles. The van der Waals surface area contributed by atoms with Crippen LogP contribution in [0.5, 0.6) is 0 Å². The zero-order valence-electron chi connectivity index (χ0n) is 9.50. The van der Waals surface area contributed by atoms with Gasteiger partial charge in [-0.05, 0) is 38.5 Å². The van der Waals surface area contributed by atoms with Gasteiger partial charge in [0.05, 0.1) is 24.4 Å². The Hall–Kier alpha value is -0.420. The monoisotopic (exact) mass is 230 g/mol. The zero-order chi connectivity index (χ0) is 12.0. The summed E-state index contributed by atoms with van der Waals surface area (Å²) in [4.78, 5) is 0. The normalized spacial score (nSPS) is 40.8. The van der Waals surface area contributed by atoms with Crippen LogP contribution in [0, 0.1) is 0 Å². The molecule has 0 fully saturated rings. The standard InChI is InChI=1S/C12H22O4/c13-9-5-3-1-2-4-6-10(14)12(16)8-7-11(9)15/h1-2,9-16H,3-8H2/b2-1+. The van der Waals surface area contributed by atoms with Crippen molar-refractivity contribution in [2.75, 3.05) is 0 Å². The minimum Gasteiger partial charge on any atom is -0.390 e. The van der Waals surface area contributed by atoms with Crippen LogP contribution in [0.25, 0.3) is 0 Å². The third-order valence-electron chi connectivity index (χ3n) is 3.07. The fraction of sp³-hybridized carbons (Fsp3) is 0.833. The van der Waals surface area contributed by atoms with Gasteiger partial charge in [0, 0.05) is 0 Å². The molecule has 94 valence electrons. The van der Waals surface area contributed by atoms with Gasteiger partial charge in [0.15, 0.2) is 0 Å². The molecule has 0 aromatic carbocycles. The molecule has 16 heavy (non-hydrogen) atoms. The topological polar surface area (TPSA) is 80.9 Å². The molecule has 0 aromatic heterocycles. The SMILES string of the molecule is OC1CC/C=C/CCC(O)C(O)CCC1O. The van der Waals surface area contributed by atoms with Crippen LogP contribution in [0.3, 0.4) is 0 Å². The predicted octanol–water partition coefficient (Wildman–Crippen LogP) is 0.340. The smallest absolute Gasteiger partial charge is 0.0802 e. The first-order chi connectivity index (χ1) is 7.61. The van der Waals surface area contributed by atoms with Crippen molar-refractivity contribution < 1.29 is 20.4 Å². The van der Waals surface area contributed by atoms with Crippen LogP contribution in [0.15, 0.2) is 12.2 Å². The van der Waals surface area contributed by atoms with E-state index in [2.05, 4.69) is 0 Å². The number of hydrogen-bond acceptors (Lipinski definition) is 4. The van der Waals surface area contributed by atoms with Gasteiger partial charge in [-0.1, -0.05) is 12.2 Å². The van der Waals surface area contributed by atoms with Gasteiger partial charge in [-0.25, -0.2) is 0 Å². The fourth-order valence-corrected chi connectivity index (χ4v) is 1.88.